The summed E-state index contributed by atoms with van der Waals surface area (Å²) in [5, 5.41) is 12.9. The highest BCUT2D eigenvalue weighted by molar-refractivity contribution is 6.36. The summed E-state index contributed by atoms with van der Waals surface area (Å²) in [7, 11) is 0. The number of hydrogen-bond acceptors (Lipinski definition) is 3. The number of nitrogens with one attached hydrogen (secondary N) is 1. The lowest BCUT2D eigenvalue weighted by atomic mass is 10.1. The number of halogens is 2. The van der Waals surface area contributed by atoms with Gasteiger partial charge >= 0.3 is 5.97 Å². The summed E-state index contributed by atoms with van der Waals surface area (Å²) in [5.41, 5.74) is 7.03. The summed E-state index contributed by atoms with van der Waals surface area (Å²) < 4.78 is 0. The van der Waals surface area contributed by atoms with Gasteiger partial charge in [0, 0.05) is 5.02 Å². The molecule has 2 aromatic rings. The van der Waals surface area contributed by atoms with Crippen LogP contribution >= 0.6 is 23.2 Å². The van der Waals surface area contributed by atoms with E-state index in [0.717, 1.165) is 0 Å². The van der Waals surface area contributed by atoms with E-state index in [1.807, 2.05) is 0 Å². The van der Waals surface area contributed by atoms with Crippen LogP contribution in [-0.4, -0.2) is 11.1 Å². The van der Waals surface area contributed by atoms with Crippen LogP contribution in [0.15, 0.2) is 36.4 Å². The zero-order valence-electron chi connectivity index (χ0n) is 9.65. The second kappa shape index (κ2) is 5.38. The molecule has 0 aliphatic heterocycles. The van der Waals surface area contributed by atoms with Crippen LogP contribution in [0.3, 0.4) is 0 Å². The molecule has 2 aromatic carbocycles. The van der Waals surface area contributed by atoms with Gasteiger partial charge in [-0.25, -0.2) is 4.79 Å². The molecule has 0 spiro atoms. The molecule has 0 radical (unpaired) electrons. The molecule has 2 rings (SSSR count). The molecule has 0 aromatic heterocycles. The van der Waals surface area contributed by atoms with Gasteiger partial charge in [-0.05, 0) is 30.3 Å². The first-order valence-corrected chi connectivity index (χ1v) is 6.08. The molecular formula is C13H10Cl2N2O2. The highest BCUT2D eigenvalue weighted by Gasteiger charge is 2.13. The molecule has 98 valence electrons. The van der Waals surface area contributed by atoms with Crippen molar-refractivity contribution in [2.75, 3.05) is 11.1 Å². The van der Waals surface area contributed by atoms with Crippen LogP contribution in [0.4, 0.5) is 17.1 Å². The SMILES string of the molecule is Nc1cccc(C(=O)O)c1Nc1ccc(Cl)cc1Cl. The molecule has 0 saturated carbocycles. The van der Waals surface area contributed by atoms with E-state index >= 15 is 0 Å². The molecule has 0 amide bonds. The first-order chi connectivity index (χ1) is 8.99. The van der Waals surface area contributed by atoms with Crippen LogP contribution in [0, 0.1) is 0 Å². The molecule has 0 aliphatic rings. The van der Waals surface area contributed by atoms with Gasteiger partial charge in [0.1, 0.15) is 0 Å². The molecule has 0 heterocycles. The van der Waals surface area contributed by atoms with Crippen LogP contribution < -0.4 is 11.1 Å². The number of para-hydroxylation sites is 1. The lowest BCUT2D eigenvalue weighted by Gasteiger charge is -2.13. The van der Waals surface area contributed by atoms with Gasteiger partial charge in [-0.3, -0.25) is 0 Å². The summed E-state index contributed by atoms with van der Waals surface area (Å²) in [4.78, 5) is 11.2. The Hall–Kier alpha value is -1.91. The molecule has 0 atom stereocenters. The molecule has 0 saturated heterocycles. The van der Waals surface area contributed by atoms with Crippen molar-refractivity contribution >= 4 is 46.2 Å². The Morgan fingerprint density at radius 3 is 2.58 bits per heavy atom. The van der Waals surface area contributed by atoms with Crippen molar-refractivity contribution in [2.24, 2.45) is 0 Å². The van der Waals surface area contributed by atoms with Crippen molar-refractivity contribution in [3.8, 4) is 0 Å². The monoisotopic (exact) mass is 296 g/mol. The third kappa shape index (κ3) is 2.92. The third-order valence-corrected chi connectivity index (χ3v) is 3.07. The minimum atomic E-state index is -1.07. The predicted octanol–water partition coefficient (Wildman–Crippen LogP) is 4.02. The van der Waals surface area contributed by atoms with Gasteiger partial charge in [0.2, 0.25) is 0 Å². The number of carboxylic acid groups (broad SMARTS) is 1. The number of nitrogen functional groups attached to an aromatic ring is 1. The Morgan fingerprint density at radius 2 is 1.95 bits per heavy atom. The molecule has 0 aliphatic carbocycles. The van der Waals surface area contributed by atoms with Crippen LogP contribution in [0.25, 0.3) is 0 Å². The maximum Gasteiger partial charge on any atom is 0.337 e. The fourth-order valence-electron chi connectivity index (χ4n) is 1.61. The summed E-state index contributed by atoms with van der Waals surface area (Å²) in [6.07, 6.45) is 0. The van der Waals surface area contributed by atoms with E-state index < -0.39 is 5.97 Å². The average Bonchev–Trinajstić information content (AvgIpc) is 2.34. The van der Waals surface area contributed by atoms with Crippen molar-refractivity contribution in [3.63, 3.8) is 0 Å². The standard InChI is InChI=1S/C13H10Cl2N2O2/c14-7-4-5-11(9(15)6-7)17-12-8(13(18)19)2-1-3-10(12)16/h1-6,17H,16H2,(H,18,19). The van der Waals surface area contributed by atoms with E-state index in [2.05, 4.69) is 5.32 Å². The van der Waals surface area contributed by atoms with E-state index in [1.54, 1.807) is 30.3 Å². The lowest BCUT2D eigenvalue weighted by molar-refractivity contribution is 0.0698. The molecular weight excluding hydrogens is 287 g/mol. The fourth-order valence-corrected chi connectivity index (χ4v) is 2.07. The molecule has 4 N–H and O–H groups in total. The molecule has 4 nitrogen and oxygen atoms in total. The van der Waals surface area contributed by atoms with E-state index in [0.29, 0.717) is 27.1 Å². The third-order valence-electron chi connectivity index (χ3n) is 2.52. The van der Waals surface area contributed by atoms with E-state index in [1.165, 1.54) is 6.07 Å². The molecule has 0 fully saturated rings. The summed E-state index contributed by atoms with van der Waals surface area (Å²) >= 11 is 11.8. The minimum Gasteiger partial charge on any atom is -0.478 e. The Bertz CT molecular complexity index is 645. The van der Waals surface area contributed by atoms with Gasteiger partial charge < -0.3 is 16.2 Å². The van der Waals surface area contributed by atoms with E-state index in [-0.39, 0.29) is 5.56 Å². The first kappa shape index (κ1) is 13.5. The number of carboxylic acids is 1. The van der Waals surface area contributed by atoms with Gasteiger partial charge in [0.15, 0.2) is 0 Å². The number of rotatable bonds is 3. The Labute approximate surface area is 119 Å². The second-order valence-electron chi connectivity index (χ2n) is 3.82. The number of hydrogen-bond donors (Lipinski definition) is 3. The summed E-state index contributed by atoms with van der Waals surface area (Å²) in [5.74, 6) is -1.07. The minimum absolute atomic E-state index is 0.0750. The highest BCUT2D eigenvalue weighted by Crippen LogP contribution is 2.32. The van der Waals surface area contributed by atoms with Crippen molar-refractivity contribution in [2.45, 2.75) is 0 Å². The zero-order chi connectivity index (χ0) is 14.0. The molecule has 6 heteroatoms. The number of nitrogens with two attached hydrogens (primary N) is 1. The number of benzene rings is 2. The number of carbonyl (C=O) groups is 1. The Morgan fingerprint density at radius 1 is 1.21 bits per heavy atom. The zero-order valence-corrected chi connectivity index (χ0v) is 11.2. The topological polar surface area (TPSA) is 75.4 Å². The smallest absolute Gasteiger partial charge is 0.337 e. The molecule has 0 unspecified atom stereocenters. The predicted molar refractivity (Wildman–Crippen MR) is 77.6 cm³/mol. The van der Waals surface area contributed by atoms with Crippen LogP contribution in [0.2, 0.25) is 10.0 Å². The van der Waals surface area contributed by atoms with Crippen molar-refractivity contribution < 1.29 is 9.90 Å². The summed E-state index contributed by atoms with van der Waals surface area (Å²) in [6.45, 7) is 0. The van der Waals surface area contributed by atoms with E-state index in [9.17, 15) is 4.79 Å². The quantitative estimate of drug-likeness (QED) is 0.748. The van der Waals surface area contributed by atoms with Crippen molar-refractivity contribution in [1.29, 1.82) is 0 Å². The normalized spacial score (nSPS) is 10.2. The highest BCUT2D eigenvalue weighted by atomic mass is 35.5. The van der Waals surface area contributed by atoms with Crippen molar-refractivity contribution in [1.82, 2.24) is 0 Å². The van der Waals surface area contributed by atoms with Gasteiger partial charge in [-0.15, -0.1) is 0 Å². The maximum atomic E-state index is 11.2. The van der Waals surface area contributed by atoms with E-state index in [4.69, 9.17) is 34.0 Å². The first-order valence-electron chi connectivity index (χ1n) is 5.33. The average molecular weight is 297 g/mol. The van der Waals surface area contributed by atoms with Gasteiger partial charge in [-0.2, -0.15) is 0 Å². The number of anilines is 3. The lowest BCUT2D eigenvalue weighted by Crippen LogP contribution is -2.05. The van der Waals surface area contributed by atoms with Crippen LogP contribution in [0.1, 0.15) is 10.4 Å². The van der Waals surface area contributed by atoms with Gasteiger partial charge in [-0.1, -0.05) is 29.3 Å². The van der Waals surface area contributed by atoms with Crippen LogP contribution in [-0.2, 0) is 0 Å². The fraction of sp³-hybridized carbons (Fsp3) is 0. The summed E-state index contributed by atoms with van der Waals surface area (Å²) in [6, 6.07) is 9.51. The van der Waals surface area contributed by atoms with Gasteiger partial charge in [0.25, 0.3) is 0 Å². The van der Waals surface area contributed by atoms with Gasteiger partial charge in [0.05, 0.1) is 27.6 Å². The molecule has 19 heavy (non-hydrogen) atoms. The van der Waals surface area contributed by atoms with Crippen molar-refractivity contribution in [3.05, 3.63) is 52.0 Å². The molecule has 0 bridgehead atoms. The van der Waals surface area contributed by atoms with Crippen LogP contribution in [0.5, 0.6) is 0 Å². The maximum absolute atomic E-state index is 11.2. The largest absolute Gasteiger partial charge is 0.478 e. The number of aromatic carboxylic acids is 1. The Kier molecular flexibility index (Phi) is 3.83. The Balaban J connectivity index is 2.46. The second-order valence-corrected chi connectivity index (χ2v) is 4.67.